The summed E-state index contributed by atoms with van der Waals surface area (Å²) in [5.41, 5.74) is 7.83. The third-order valence-corrected chi connectivity index (χ3v) is 5.49. The number of hydrazine groups is 1. The molecular weight excluding hydrogens is 360 g/mol. The Kier molecular flexibility index (Phi) is 7.82. The van der Waals surface area contributed by atoms with Gasteiger partial charge in [0.1, 0.15) is 6.54 Å². The van der Waals surface area contributed by atoms with Crippen molar-refractivity contribution in [3.05, 3.63) is 51.7 Å². The molecule has 27 heavy (non-hydrogen) atoms. The van der Waals surface area contributed by atoms with Crippen molar-refractivity contribution < 1.29 is 14.5 Å². The van der Waals surface area contributed by atoms with Gasteiger partial charge in [0.25, 0.3) is 11.8 Å². The van der Waals surface area contributed by atoms with E-state index in [1.807, 2.05) is 19.2 Å². The molecule has 2 amide bonds. The van der Waals surface area contributed by atoms with Gasteiger partial charge in [-0.15, -0.1) is 11.3 Å². The van der Waals surface area contributed by atoms with Gasteiger partial charge in [-0.3, -0.25) is 20.4 Å². The molecule has 1 aromatic heterocycles. The van der Waals surface area contributed by atoms with E-state index < -0.39 is 0 Å². The minimum absolute atomic E-state index is 0.213. The summed E-state index contributed by atoms with van der Waals surface area (Å²) in [6.45, 7) is 9.18. The number of anilines is 1. The Hall–Kier alpha value is -2.38. The first-order chi connectivity index (χ1) is 12.9. The molecule has 0 aliphatic carbocycles. The number of hydrogen-bond acceptors (Lipinski definition) is 4. The highest BCUT2D eigenvalue weighted by atomic mass is 32.1. The Bertz CT molecular complexity index is 754. The van der Waals surface area contributed by atoms with E-state index in [-0.39, 0.29) is 11.8 Å². The molecule has 0 spiro atoms. The van der Waals surface area contributed by atoms with Crippen LogP contribution in [-0.2, 0) is 11.3 Å². The van der Waals surface area contributed by atoms with E-state index in [9.17, 15) is 9.59 Å². The molecule has 0 aliphatic rings. The number of hydrogen-bond donors (Lipinski definition) is 3. The molecule has 6 nitrogen and oxygen atoms in total. The second-order valence-electron chi connectivity index (χ2n) is 6.56. The van der Waals surface area contributed by atoms with Crippen molar-refractivity contribution in [1.82, 2.24) is 10.9 Å². The van der Waals surface area contributed by atoms with Crippen LogP contribution in [0.4, 0.5) is 5.69 Å². The molecule has 1 heterocycles. The van der Waals surface area contributed by atoms with Crippen LogP contribution in [0.15, 0.2) is 35.7 Å². The van der Waals surface area contributed by atoms with Crippen molar-refractivity contribution in [3.63, 3.8) is 0 Å². The summed E-state index contributed by atoms with van der Waals surface area (Å²) in [7, 11) is 1.96. The smallest absolute Gasteiger partial charge is 0.293 e. The zero-order chi connectivity index (χ0) is 19.8. The second kappa shape index (κ2) is 10.1. The molecule has 1 atom stereocenters. The molecule has 2 aromatic rings. The molecule has 1 aromatic carbocycles. The lowest BCUT2D eigenvalue weighted by atomic mass is 10.2. The monoisotopic (exact) mass is 389 g/mol. The number of likely N-dealkylation sites (N-methyl/N-ethyl adjacent to an activating group) is 1. The molecule has 7 heteroatoms. The molecule has 0 saturated carbocycles. The average molecular weight is 390 g/mol. The van der Waals surface area contributed by atoms with E-state index in [2.05, 4.69) is 48.0 Å². The average Bonchev–Trinajstić information content (AvgIpc) is 3.05. The van der Waals surface area contributed by atoms with E-state index in [1.54, 1.807) is 23.5 Å². The quantitative estimate of drug-likeness (QED) is 0.598. The van der Waals surface area contributed by atoms with Gasteiger partial charge in [-0.05, 0) is 62.0 Å². The highest BCUT2D eigenvalue weighted by Gasteiger charge is 2.14. The number of nitrogens with one attached hydrogen (secondary N) is 3. The normalized spacial score (nSPS) is 11.7. The topological polar surface area (TPSA) is 65.9 Å². The highest BCUT2D eigenvalue weighted by molar-refractivity contribution is 7.10. The van der Waals surface area contributed by atoms with Gasteiger partial charge in [-0.2, -0.15) is 0 Å². The molecule has 0 fully saturated rings. The number of carbonyl (C=O) groups excluding carboxylic acids is 2. The lowest BCUT2D eigenvalue weighted by Gasteiger charge is -2.21. The number of benzene rings is 1. The van der Waals surface area contributed by atoms with E-state index in [1.165, 1.54) is 10.4 Å². The van der Waals surface area contributed by atoms with Crippen molar-refractivity contribution in [2.45, 2.75) is 27.3 Å². The van der Waals surface area contributed by atoms with Crippen LogP contribution >= 0.6 is 11.3 Å². The molecule has 0 saturated heterocycles. The first kappa shape index (κ1) is 20.9. The maximum Gasteiger partial charge on any atom is 0.293 e. The number of rotatable bonds is 8. The van der Waals surface area contributed by atoms with Gasteiger partial charge >= 0.3 is 0 Å². The molecular formula is C20H29N4O2S+. The van der Waals surface area contributed by atoms with Crippen LogP contribution in [0.5, 0.6) is 0 Å². The third-order valence-electron chi connectivity index (χ3n) is 4.47. The Morgan fingerprint density at radius 2 is 1.74 bits per heavy atom. The van der Waals surface area contributed by atoms with Gasteiger partial charge in [-0.1, -0.05) is 0 Å². The molecule has 2 rings (SSSR count). The first-order valence-electron chi connectivity index (χ1n) is 9.23. The van der Waals surface area contributed by atoms with E-state index >= 15 is 0 Å². The molecule has 0 aliphatic heterocycles. The standard InChI is InChI=1S/C20H28N4O2S/c1-5-24(6-2)17-9-7-16(8-10-17)20(26)22-21-19(25)14-23(4)13-18-15(3)11-12-27-18/h7-12H,5-6,13-14H2,1-4H3,(H,21,25)(H,22,26)/p+1. The van der Waals surface area contributed by atoms with Crippen LogP contribution in [0.3, 0.4) is 0 Å². The van der Waals surface area contributed by atoms with E-state index in [4.69, 9.17) is 0 Å². The number of quaternary nitrogens is 1. The van der Waals surface area contributed by atoms with Crippen molar-refractivity contribution in [2.75, 3.05) is 31.6 Å². The zero-order valence-electron chi connectivity index (χ0n) is 16.5. The fourth-order valence-corrected chi connectivity index (χ4v) is 3.87. The van der Waals surface area contributed by atoms with Gasteiger partial charge < -0.3 is 9.80 Å². The molecule has 3 N–H and O–H groups in total. The lowest BCUT2D eigenvalue weighted by Crippen LogP contribution is -3.09. The SMILES string of the molecule is CCN(CC)c1ccc(C(=O)NNC(=O)C[NH+](C)Cc2sccc2C)cc1. The van der Waals surface area contributed by atoms with E-state index in [0.717, 1.165) is 30.2 Å². The van der Waals surface area contributed by atoms with Gasteiger partial charge in [0.2, 0.25) is 0 Å². The fraction of sp³-hybridized carbons (Fsp3) is 0.400. The predicted molar refractivity (Wildman–Crippen MR) is 110 cm³/mol. The van der Waals surface area contributed by atoms with Crippen molar-refractivity contribution >= 4 is 28.8 Å². The van der Waals surface area contributed by atoms with Crippen molar-refractivity contribution in [2.24, 2.45) is 0 Å². The first-order valence-corrected chi connectivity index (χ1v) is 10.1. The number of nitrogens with zero attached hydrogens (tertiary/aromatic N) is 1. The van der Waals surface area contributed by atoms with Gasteiger partial charge in [0.05, 0.1) is 11.9 Å². The summed E-state index contributed by atoms with van der Waals surface area (Å²) in [4.78, 5) is 28.8. The Balaban J connectivity index is 1.80. The minimum Gasteiger partial charge on any atom is -0.372 e. The van der Waals surface area contributed by atoms with Gasteiger partial charge in [-0.25, -0.2) is 0 Å². The van der Waals surface area contributed by atoms with Crippen LogP contribution in [0.25, 0.3) is 0 Å². The fourth-order valence-electron chi connectivity index (χ4n) is 2.85. The van der Waals surface area contributed by atoms with Crippen LogP contribution in [0.1, 0.15) is 34.6 Å². The summed E-state index contributed by atoms with van der Waals surface area (Å²) >= 11 is 1.70. The highest BCUT2D eigenvalue weighted by Crippen LogP contribution is 2.15. The van der Waals surface area contributed by atoms with E-state index in [0.29, 0.717) is 12.1 Å². The van der Waals surface area contributed by atoms with Crippen molar-refractivity contribution in [1.29, 1.82) is 0 Å². The summed E-state index contributed by atoms with van der Waals surface area (Å²) in [5.74, 6) is -0.531. The molecule has 1 unspecified atom stereocenters. The number of amides is 2. The predicted octanol–water partition coefficient (Wildman–Crippen LogP) is 1.38. The minimum atomic E-state index is -0.318. The Morgan fingerprint density at radius 1 is 1.07 bits per heavy atom. The number of carbonyl (C=O) groups is 2. The Labute approximate surface area is 165 Å². The van der Waals surface area contributed by atoms with Gasteiger partial charge in [0.15, 0.2) is 6.54 Å². The summed E-state index contributed by atoms with van der Waals surface area (Å²) in [6, 6.07) is 9.47. The maximum atomic E-state index is 12.2. The largest absolute Gasteiger partial charge is 0.372 e. The van der Waals surface area contributed by atoms with Crippen molar-refractivity contribution in [3.8, 4) is 0 Å². The number of thiophene rings is 1. The second-order valence-corrected chi connectivity index (χ2v) is 7.56. The van der Waals surface area contributed by atoms with Crippen LogP contribution in [0, 0.1) is 6.92 Å². The number of aryl methyl sites for hydroxylation is 1. The van der Waals surface area contributed by atoms with Crippen LogP contribution < -0.4 is 20.7 Å². The zero-order valence-corrected chi connectivity index (χ0v) is 17.3. The molecule has 0 radical (unpaired) electrons. The summed E-state index contributed by atoms with van der Waals surface area (Å²) < 4.78 is 0. The Morgan fingerprint density at radius 3 is 2.30 bits per heavy atom. The van der Waals surface area contributed by atoms with Crippen LogP contribution in [-0.4, -0.2) is 38.5 Å². The maximum absolute atomic E-state index is 12.2. The lowest BCUT2D eigenvalue weighted by molar-refractivity contribution is -0.885. The third kappa shape index (κ3) is 6.08. The molecule has 146 valence electrons. The summed E-state index contributed by atoms with van der Waals surface area (Å²) in [5, 5.41) is 2.06. The molecule has 0 bridgehead atoms. The summed E-state index contributed by atoms with van der Waals surface area (Å²) in [6.07, 6.45) is 0. The van der Waals surface area contributed by atoms with Gasteiger partial charge in [0, 0.05) is 24.3 Å². The van der Waals surface area contributed by atoms with Crippen LogP contribution in [0.2, 0.25) is 0 Å².